The van der Waals surface area contributed by atoms with E-state index in [1.54, 1.807) is 30.3 Å². The molecule has 0 aliphatic heterocycles. The third kappa shape index (κ3) is 2.79. The number of rotatable bonds is 4. The molecule has 0 fully saturated rings. The first-order valence-corrected chi connectivity index (χ1v) is 9.72. The molecule has 24 heavy (non-hydrogen) atoms. The van der Waals surface area contributed by atoms with E-state index < -0.39 is 33.8 Å². The van der Waals surface area contributed by atoms with Crippen molar-refractivity contribution in [3.8, 4) is 0 Å². The van der Waals surface area contributed by atoms with Gasteiger partial charge >= 0.3 is 0 Å². The summed E-state index contributed by atoms with van der Waals surface area (Å²) in [6, 6.07) is 17.3. The van der Waals surface area contributed by atoms with Crippen LogP contribution in [0.1, 0.15) is 0 Å². The van der Waals surface area contributed by atoms with Gasteiger partial charge in [-0.1, -0.05) is 48.5 Å². The molecule has 0 aliphatic rings. The number of hydrogen-bond donors (Lipinski definition) is 0. The molecule has 0 radical (unpaired) electrons. The van der Waals surface area contributed by atoms with E-state index in [2.05, 4.69) is 0 Å². The van der Waals surface area contributed by atoms with E-state index in [1.165, 1.54) is 30.3 Å². The van der Waals surface area contributed by atoms with Gasteiger partial charge in [0.05, 0.1) is 13.7 Å². The Labute approximate surface area is 139 Å². The fourth-order valence-corrected chi connectivity index (χ4v) is 5.11. The molecule has 0 N–H and O–H groups in total. The lowest BCUT2D eigenvalue weighted by atomic mass is 10.1. The number of nitrogens with zero attached hydrogens (tertiary/aromatic N) is 1. The SMILES string of the molecule is O=S(=O)(c1ccccc1)N(F)S(=O)(=O)c1ccc2ccccc2c1. The normalized spacial score (nSPS) is 12.6. The second-order valence-electron chi connectivity index (χ2n) is 4.98. The van der Waals surface area contributed by atoms with Crippen LogP contribution in [0.5, 0.6) is 0 Å². The van der Waals surface area contributed by atoms with Crippen LogP contribution in [0, 0.1) is 0 Å². The van der Waals surface area contributed by atoms with Gasteiger partial charge in [0.2, 0.25) is 0 Å². The monoisotopic (exact) mass is 365 g/mol. The van der Waals surface area contributed by atoms with E-state index in [0.29, 0.717) is 5.39 Å². The minimum absolute atomic E-state index is 0.441. The maximum Gasteiger partial charge on any atom is 0.283 e. The fraction of sp³-hybridized carbons (Fsp3) is 0. The summed E-state index contributed by atoms with van der Waals surface area (Å²) < 4.78 is 62.4. The number of halogens is 1. The molecule has 0 saturated carbocycles. The summed E-state index contributed by atoms with van der Waals surface area (Å²) in [5, 5.41) is 1.32. The number of benzene rings is 3. The molecular weight excluding hydrogens is 353 g/mol. The van der Waals surface area contributed by atoms with Gasteiger partial charge in [0.15, 0.2) is 0 Å². The lowest BCUT2D eigenvalue weighted by molar-refractivity contribution is 0.250. The number of hydrogen-bond acceptors (Lipinski definition) is 4. The van der Waals surface area contributed by atoms with Crippen molar-refractivity contribution in [3.05, 3.63) is 72.8 Å². The van der Waals surface area contributed by atoms with E-state index in [9.17, 15) is 21.3 Å². The van der Waals surface area contributed by atoms with Gasteiger partial charge in [-0.05, 0) is 35.0 Å². The second-order valence-corrected chi connectivity index (χ2v) is 8.70. The van der Waals surface area contributed by atoms with Crippen LogP contribution >= 0.6 is 0 Å². The lowest BCUT2D eigenvalue weighted by Gasteiger charge is -2.13. The molecule has 0 amide bonds. The molecule has 0 unspecified atom stereocenters. The Bertz CT molecular complexity index is 1100. The molecule has 0 aliphatic carbocycles. The Morgan fingerprint density at radius 3 is 1.83 bits per heavy atom. The maximum absolute atomic E-state index is 14.4. The molecule has 124 valence electrons. The van der Waals surface area contributed by atoms with Crippen LogP contribution in [0.4, 0.5) is 4.48 Å². The largest absolute Gasteiger partial charge is 0.283 e. The summed E-state index contributed by atoms with van der Waals surface area (Å²) in [6.45, 7) is 0. The highest BCUT2D eigenvalue weighted by atomic mass is 32.3. The summed E-state index contributed by atoms with van der Waals surface area (Å²) in [7, 11) is -9.68. The molecule has 3 aromatic carbocycles. The maximum atomic E-state index is 14.4. The van der Waals surface area contributed by atoms with Crippen LogP contribution in [0.25, 0.3) is 10.8 Å². The summed E-state index contributed by atoms with van der Waals surface area (Å²) in [6.07, 6.45) is 0. The van der Waals surface area contributed by atoms with Crippen molar-refractivity contribution in [3.63, 3.8) is 0 Å². The van der Waals surface area contributed by atoms with Crippen LogP contribution in [0.3, 0.4) is 0 Å². The Morgan fingerprint density at radius 2 is 1.17 bits per heavy atom. The smallest absolute Gasteiger partial charge is 0.203 e. The van der Waals surface area contributed by atoms with Crippen LogP contribution in [0.15, 0.2) is 82.6 Å². The van der Waals surface area contributed by atoms with Crippen molar-refractivity contribution in [1.29, 1.82) is 0 Å². The van der Waals surface area contributed by atoms with Crippen LogP contribution in [-0.4, -0.2) is 20.8 Å². The molecule has 0 aromatic heterocycles. The summed E-state index contributed by atoms with van der Waals surface area (Å²) in [5.41, 5.74) is 0. The van der Waals surface area contributed by atoms with Crippen molar-refractivity contribution in [2.45, 2.75) is 9.79 Å². The number of sulfonamides is 2. The van der Waals surface area contributed by atoms with Gasteiger partial charge in [-0.2, -0.15) is 0 Å². The van der Waals surface area contributed by atoms with Crippen molar-refractivity contribution in [2.24, 2.45) is 0 Å². The zero-order valence-corrected chi connectivity index (χ0v) is 13.8. The van der Waals surface area contributed by atoms with Gasteiger partial charge in [-0.15, -0.1) is 4.48 Å². The zero-order valence-electron chi connectivity index (χ0n) is 12.2. The highest BCUT2D eigenvalue weighted by Crippen LogP contribution is 2.26. The Morgan fingerprint density at radius 1 is 0.625 bits per heavy atom. The minimum atomic E-state index is -4.86. The van der Waals surface area contributed by atoms with Gasteiger partial charge in [0, 0.05) is 0 Å². The van der Waals surface area contributed by atoms with Gasteiger partial charge in [-0.25, -0.2) is 16.8 Å². The summed E-state index contributed by atoms with van der Waals surface area (Å²) in [4.78, 5) is -0.889. The fourth-order valence-electron chi connectivity index (χ4n) is 2.22. The van der Waals surface area contributed by atoms with E-state index in [-0.39, 0.29) is 0 Å². The number of fused-ring (bicyclic) bond motifs is 1. The van der Waals surface area contributed by atoms with Gasteiger partial charge in [0.1, 0.15) is 0 Å². The molecule has 0 bridgehead atoms. The van der Waals surface area contributed by atoms with Gasteiger partial charge in [0.25, 0.3) is 20.0 Å². The Balaban J connectivity index is 2.09. The Hall–Kier alpha value is -2.29. The molecule has 3 rings (SSSR count). The molecule has 0 heterocycles. The second kappa shape index (κ2) is 5.97. The zero-order chi connectivity index (χ0) is 17.4. The quantitative estimate of drug-likeness (QED) is 0.666. The standard InChI is InChI=1S/C16H12FNO4S2/c17-18(23(19,20)15-8-2-1-3-9-15)24(21,22)16-11-10-13-6-4-5-7-14(13)12-16/h1-12H. The van der Waals surface area contributed by atoms with Gasteiger partial charge in [-0.3, -0.25) is 0 Å². The lowest BCUT2D eigenvalue weighted by Crippen LogP contribution is -2.29. The highest BCUT2D eigenvalue weighted by molar-refractivity contribution is 8.03. The van der Waals surface area contributed by atoms with Crippen LogP contribution < -0.4 is 0 Å². The molecule has 0 atom stereocenters. The Kier molecular flexibility index (Phi) is 4.12. The van der Waals surface area contributed by atoms with E-state index in [4.69, 9.17) is 0 Å². The van der Waals surface area contributed by atoms with Crippen molar-refractivity contribution >= 4 is 30.8 Å². The van der Waals surface area contributed by atoms with E-state index >= 15 is 0 Å². The molecule has 5 nitrogen and oxygen atoms in total. The van der Waals surface area contributed by atoms with Gasteiger partial charge < -0.3 is 0 Å². The minimum Gasteiger partial charge on any atom is -0.203 e. The molecular formula is C16H12FNO4S2. The van der Waals surface area contributed by atoms with Crippen LogP contribution in [-0.2, 0) is 20.0 Å². The highest BCUT2D eigenvalue weighted by Gasteiger charge is 2.37. The molecule has 3 aromatic rings. The average molecular weight is 365 g/mol. The topological polar surface area (TPSA) is 71.5 Å². The molecule has 8 heteroatoms. The van der Waals surface area contributed by atoms with Crippen molar-refractivity contribution in [2.75, 3.05) is 0 Å². The third-order valence-corrected chi connectivity index (χ3v) is 7.09. The average Bonchev–Trinajstić information content (AvgIpc) is 2.61. The summed E-state index contributed by atoms with van der Waals surface area (Å²) >= 11 is 0. The van der Waals surface area contributed by atoms with Crippen molar-refractivity contribution in [1.82, 2.24) is 3.93 Å². The first kappa shape index (κ1) is 16.6. The van der Waals surface area contributed by atoms with E-state index in [0.717, 1.165) is 17.5 Å². The molecule has 0 saturated heterocycles. The first-order chi connectivity index (χ1) is 11.3. The summed E-state index contributed by atoms with van der Waals surface area (Å²) in [5.74, 6) is 0. The third-order valence-electron chi connectivity index (χ3n) is 3.44. The van der Waals surface area contributed by atoms with Crippen LogP contribution in [0.2, 0.25) is 0 Å². The molecule has 0 spiro atoms. The van der Waals surface area contributed by atoms with Crippen molar-refractivity contribution < 1.29 is 21.3 Å². The predicted molar refractivity (Wildman–Crippen MR) is 87.7 cm³/mol. The predicted octanol–water partition coefficient (Wildman–Crippen LogP) is 3.10. The van der Waals surface area contributed by atoms with E-state index in [1.807, 2.05) is 0 Å². The first-order valence-electron chi connectivity index (χ1n) is 6.84.